The van der Waals surface area contributed by atoms with E-state index in [9.17, 15) is 49.2 Å². The number of epoxide rings is 2. The predicted molar refractivity (Wildman–Crippen MR) is 168 cm³/mol. The van der Waals surface area contributed by atoms with E-state index in [0.717, 1.165) is 20.8 Å². The Hall–Kier alpha value is -3.22. The van der Waals surface area contributed by atoms with Gasteiger partial charge >= 0.3 is 29.8 Å². The monoisotopic (exact) mass is 750 g/mol. The lowest BCUT2D eigenvalue weighted by Crippen LogP contribution is -2.80. The molecule has 3 heterocycles. The summed E-state index contributed by atoms with van der Waals surface area (Å²) in [5, 5.41) is 47.0. The Morgan fingerprint density at radius 2 is 1.43 bits per heavy atom. The fraction of sp³-hybridized carbons (Fsp3) is 0.833. The van der Waals surface area contributed by atoms with Crippen LogP contribution in [0.5, 0.6) is 0 Å². The molecule has 5 aliphatic carbocycles. The molecule has 0 aromatic carbocycles. The van der Waals surface area contributed by atoms with Gasteiger partial charge in [-0.3, -0.25) is 19.2 Å². The molecule has 4 N–H and O–H groups in total. The van der Waals surface area contributed by atoms with E-state index in [2.05, 4.69) is 0 Å². The Morgan fingerprint density at radius 3 is 2.02 bits per heavy atom. The molecule has 292 valence electrons. The van der Waals surface area contributed by atoms with E-state index in [4.69, 9.17) is 33.2 Å². The predicted octanol–water partition coefficient (Wildman–Crippen LogP) is -1.29. The standard InChI is InChI=1S/C36H46O17/c1-11-18-21(33(7)34(8,45)30(44)53-36(33)27(11)52-36)24(47-12(2)38)19-17-20(25(51-16(41)10-37)28(31(18,19)5)48-13(3)39)32(6)29(49-14(4)40)23-15(50-23)9-35(32,46)26(43)22(17)42/h11,15,17-25,27-29,37,42,45-46H,9-10H2,1-8H3/t11-,15-,17?,18-,19+,20?,21-,22+,23-,24+,25-,27+,28-,29-,31+,32-,33-,34+,35-,36-/m0/s1. The molecule has 3 saturated heterocycles. The zero-order valence-corrected chi connectivity index (χ0v) is 30.6. The lowest BCUT2D eigenvalue weighted by atomic mass is 9.39. The van der Waals surface area contributed by atoms with Crippen molar-refractivity contribution in [1.82, 2.24) is 0 Å². The number of carbonyl (C=O) groups is 6. The molecular weight excluding hydrogens is 704 g/mol. The minimum Gasteiger partial charge on any atom is -0.462 e. The number of rotatable bonds is 5. The van der Waals surface area contributed by atoms with Crippen LogP contribution in [0, 0.1) is 51.8 Å². The topological polar surface area (TPSA) is 255 Å². The van der Waals surface area contributed by atoms with Gasteiger partial charge < -0.3 is 53.6 Å². The van der Waals surface area contributed by atoms with Gasteiger partial charge in [0.1, 0.15) is 54.9 Å². The van der Waals surface area contributed by atoms with Crippen LogP contribution in [-0.4, -0.2) is 128 Å². The van der Waals surface area contributed by atoms with Crippen LogP contribution in [0.15, 0.2) is 0 Å². The highest BCUT2D eigenvalue weighted by atomic mass is 16.8. The molecule has 0 aromatic rings. The van der Waals surface area contributed by atoms with Gasteiger partial charge in [-0.2, -0.15) is 0 Å². The summed E-state index contributed by atoms with van der Waals surface area (Å²) in [6, 6.07) is 0. The van der Waals surface area contributed by atoms with Gasteiger partial charge in [-0.1, -0.05) is 20.8 Å². The number of aliphatic hydroxyl groups is 4. The summed E-state index contributed by atoms with van der Waals surface area (Å²) in [7, 11) is 0. The molecule has 1 spiro atoms. The van der Waals surface area contributed by atoms with Crippen molar-refractivity contribution in [2.45, 2.75) is 128 Å². The number of ketones is 1. The summed E-state index contributed by atoms with van der Waals surface area (Å²) >= 11 is 0. The van der Waals surface area contributed by atoms with Crippen molar-refractivity contribution in [2.24, 2.45) is 51.8 Å². The number of hydrogen-bond acceptors (Lipinski definition) is 17. The zero-order valence-electron chi connectivity index (χ0n) is 30.6. The minimum absolute atomic E-state index is 0.316. The number of esters is 5. The molecule has 17 heteroatoms. The van der Waals surface area contributed by atoms with E-state index in [0.29, 0.717) is 0 Å². The molecule has 0 bridgehead atoms. The number of ether oxygens (including phenoxy) is 7. The average Bonchev–Trinajstić information content (AvgIpc) is 3.96. The summed E-state index contributed by atoms with van der Waals surface area (Å²) in [4.78, 5) is 80.5. The van der Waals surface area contributed by atoms with Crippen LogP contribution in [-0.2, 0) is 61.9 Å². The van der Waals surface area contributed by atoms with Crippen LogP contribution < -0.4 is 0 Å². The first kappa shape index (κ1) is 36.7. The van der Waals surface area contributed by atoms with Crippen molar-refractivity contribution < 1.29 is 82.4 Å². The van der Waals surface area contributed by atoms with Gasteiger partial charge in [-0.15, -0.1) is 0 Å². The maximum absolute atomic E-state index is 14.7. The Labute approximate surface area is 303 Å². The molecule has 8 rings (SSSR count). The number of carbonyl (C=O) groups excluding carboxylic acids is 6. The Bertz CT molecular complexity index is 1730. The SMILES string of the molecule is CC(=O)O[C@H]1[C@@H]2[C@H]([C@H](C)[C@H]3O[C@]34OC(=O)[C@@](C)(O)[C@]24C)[C@]2(C)[C@@H]1C1C([C@H](OC(=O)CO)[C@@H]2OC(C)=O)[C@@]2(C)[C@@H](OC(C)=O)[C@H]3O[C@H]3C[C@]2(O)C(=O)[C@@H]1O. The van der Waals surface area contributed by atoms with E-state index in [1.165, 1.54) is 13.8 Å². The third-order valence-electron chi connectivity index (χ3n) is 15.2. The van der Waals surface area contributed by atoms with Crippen LogP contribution in [0.25, 0.3) is 0 Å². The van der Waals surface area contributed by atoms with Gasteiger partial charge in [0, 0.05) is 56.3 Å². The van der Waals surface area contributed by atoms with Crippen LogP contribution in [0.3, 0.4) is 0 Å². The fourth-order valence-electron chi connectivity index (χ4n) is 13.2. The van der Waals surface area contributed by atoms with E-state index in [-0.39, 0.29) is 6.42 Å². The highest BCUT2D eigenvalue weighted by molar-refractivity contribution is 5.94. The molecule has 0 radical (unpaired) electrons. The molecule has 20 atom stereocenters. The van der Waals surface area contributed by atoms with Crippen LogP contribution in [0.4, 0.5) is 0 Å². The molecule has 5 saturated carbocycles. The first-order chi connectivity index (χ1) is 24.5. The normalized spacial score (nSPS) is 56.4. The van der Waals surface area contributed by atoms with E-state index >= 15 is 0 Å². The first-order valence-electron chi connectivity index (χ1n) is 18.1. The molecule has 17 nitrogen and oxygen atoms in total. The minimum atomic E-state index is -2.46. The molecule has 0 amide bonds. The second-order valence-electron chi connectivity index (χ2n) is 17.3. The summed E-state index contributed by atoms with van der Waals surface area (Å²) in [6.07, 6.45) is -10.5. The highest BCUT2D eigenvalue weighted by Gasteiger charge is 2.94. The van der Waals surface area contributed by atoms with Gasteiger partial charge in [0.25, 0.3) is 0 Å². The quantitative estimate of drug-likeness (QED) is 0.145. The summed E-state index contributed by atoms with van der Waals surface area (Å²) in [6.45, 7) is 10.1. The number of aliphatic hydroxyl groups excluding tert-OH is 2. The van der Waals surface area contributed by atoms with Gasteiger partial charge in [0.05, 0.1) is 16.9 Å². The van der Waals surface area contributed by atoms with Gasteiger partial charge in [0.2, 0.25) is 5.79 Å². The molecular formula is C36H46O17. The number of hydrogen-bond donors (Lipinski definition) is 4. The van der Waals surface area contributed by atoms with Gasteiger partial charge in [0.15, 0.2) is 11.4 Å². The van der Waals surface area contributed by atoms with Gasteiger partial charge in [-0.25, -0.2) is 9.59 Å². The molecule has 0 aromatic heterocycles. The van der Waals surface area contributed by atoms with E-state index < -0.39 is 160 Å². The third-order valence-corrected chi connectivity index (χ3v) is 15.2. The number of Topliss-reactive ketones (excluding diaryl/α,β-unsaturated/α-hetero) is 1. The number of fused-ring (bicyclic) bond motifs is 9. The van der Waals surface area contributed by atoms with Crippen molar-refractivity contribution in [1.29, 1.82) is 0 Å². The lowest BCUT2D eigenvalue weighted by Gasteiger charge is -2.67. The lowest BCUT2D eigenvalue weighted by molar-refractivity contribution is -0.297. The van der Waals surface area contributed by atoms with Crippen LogP contribution in [0.2, 0.25) is 0 Å². The fourth-order valence-corrected chi connectivity index (χ4v) is 13.2. The van der Waals surface area contributed by atoms with E-state index in [1.54, 1.807) is 20.8 Å². The molecule has 53 heavy (non-hydrogen) atoms. The zero-order chi connectivity index (χ0) is 38.9. The average molecular weight is 751 g/mol. The molecule has 2 unspecified atom stereocenters. The van der Waals surface area contributed by atoms with Crippen molar-refractivity contribution in [2.75, 3.05) is 6.61 Å². The van der Waals surface area contributed by atoms with Crippen molar-refractivity contribution in [3.05, 3.63) is 0 Å². The maximum atomic E-state index is 14.7. The Morgan fingerprint density at radius 1 is 0.830 bits per heavy atom. The summed E-state index contributed by atoms with van der Waals surface area (Å²) in [5.41, 5.74) is -9.80. The van der Waals surface area contributed by atoms with Crippen molar-refractivity contribution in [3.8, 4) is 0 Å². The van der Waals surface area contributed by atoms with Crippen LogP contribution >= 0.6 is 0 Å². The van der Waals surface area contributed by atoms with Crippen LogP contribution in [0.1, 0.15) is 61.8 Å². The Balaban J connectivity index is 1.44. The third kappa shape index (κ3) is 4.03. The largest absolute Gasteiger partial charge is 0.462 e. The molecule has 3 aliphatic heterocycles. The smallest absolute Gasteiger partial charge is 0.341 e. The second kappa shape index (κ2) is 10.8. The first-order valence-corrected chi connectivity index (χ1v) is 18.1. The van der Waals surface area contributed by atoms with Crippen molar-refractivity contribution in [3.63, 3.8) is 0 Å². The maximum Gasteiger partial charge on any atom is 0.341 e. The van der Waals surface area contributed by atoms with Gasteiger partial charge in [-0.05, 0) is 25.7 Å². The van der Waals surface area contributed by atoms with E-state index in [1.807, 2.05) is 0 Å². The van der Waals surface area contributed by atoms with Crippen molar-refractivity contribution >= 4 is 35.6 Å². The second-order valence-corrected chi connectivity index (χ2v) is 17.3. The molecule has 8 fully saturated rings. The summed E-state index contributed by atoms with van der Waals surface area (Å²) < 4.78 is 42.1. The molecule has 8 aliphatic rings. The summed E-state index contributed by atoms with van der Waals surface area (Å²) in [5.74, 6) is -13.7. The highest BCUT2D eigenvalue weighted by Crippen LogP contribution is 2.81. The Kier molecular flexibility index (Phi) is 7.45.